The molecule has 0 aromatic carbocycles. The minimum atomic E-state index is 0.0861. The zero-order valence-electron chi connectivity index (χ0n) is 12.6. The summed E-state index contributed by atoms with van der Waals surface area (Å²) in [5, 5.41) is 7.28. The molecular formula is C15H26N4O. The van der Waals surface area contributed by atoms with Crippen molar-refractivity contribution in [1.82, 2.24) is 20.0 Å². The first-order valence-corrected chi connectivity index (χ1v) is 7.69. The minimum Gasteiger partial charge on any atom is -0.349 e. The normalized spacial score (nSPS) is 17.3. The molecule has 0 bridgehead atoms. The van der Waals surface area contributed by atoms with Crippen molar-refractivity contribution in [3.05, 3.63) is 18.0 Å². The Labute approximate surface area is 121 Å². The molecular weight excluding hydrogens is 252 g/mol. The Bertz CT molecular complexity index is 423. The zero-order chi connectivity index (χ0) is 14.4. The lowest BCUT2D eigenvalue weighted by Crippen LogP contribution is -2.29. The Morgan fingerprint density at radius 2 is 2.20 bits per heavy atom. The number of likely N-dealkylation sites (tertiary alicyclic amines) is 1. The summed E-state index contributed by atoms with van der Waals surface area (Å²) in [5.41, 5.74) is 1.09. The van der Waals surface area contributed by atoms with Crippen molar-refractivity contribution in [3.63, 3.8) is 0 Å². The fourth-order valence-corrected chi connectivity index (χ4v) is 2.78. The third-order valence-electron chi connectivity index (χ3n) is 3.95. The molecule has 5 heteroatoms. The van der Waals surface area contributed by atoms with Gasteiger partial charge in [0.25, 0.3) is 0 Å². The van der Waals surface area contributed by atoms with Gasteiger partial charge in [-0.2, -0.15) is 5.10 Å². The van der Waals surface area contributed by atoms with E-state index in [1.165, 1.54) is 25.9 Å². The van der Waals surface area contributed by atoms with E-state index in [9.17, 15) is 4.79 Å². The number of carbonyl (C=O) groups is 1. The number of rotatable bonds is 7. The summed E-state index contributed by atoms with van der Waals surface area (Å²) in [4.78, 5) is 14.5. The second-order valence-corrected chi connectivity index (χ2v) is 5.63. The molecule has 20 heavy (non-hydrogen) atoms. The van der Waals surface area contributed by atoms with Crippen LogP contribution in [0.1, 0.15) is 50.6 Å². The number of nitrogens with zero attached hydrogens (tertiary/aromatic N) is 3. The number of amides is 1. The molecule has 1 atom stereocenters. The number of carbonyl (C=O) groups excluding carboxylic acids is 1. The molecule has 5 nitrogen and oxygen atoms in total. The number of nitrogens with one attached hydrogen (secondary N) is 1. The van der Waals surface area contributed by atoms with E-state index in [0.717, 1.165) is 24.9 Å². The van der Waals surface area contributed by atoms with E-state index in [4.69, 9.17) is 0 Å². The highest BCUT2D eigenvalue weighted by Crippen LogP contribution is 2.15. The molecule has 2 heterocycles. The molecule has 0 aliphatic carbocycles. The number of aromatic nitrogens is 2. The molecule has 0 unspecified atom stereocenters. The van der Waals surface area contributed by atoms with Crippen LogP contribution >= 0.6 is 0 Å². The van der Waals surface area contributed by atoms with Crippen LogP contribution in [0.4, 0.5) is 0 Å². The molecule has 1 saturated heterocycles. The van der Waals surface area contributed by atoms with Crippen LogP contribution in [0.25, 0.3) is 0 Å². The van der Waals surface area contributed by atoms with Crippen LogP contribution in [0.2, 0.25) is 0 Å². The average Bonchev–Trinajstić information content (AvgIpc) is 3.07. The highest BCUT2D eigenvalue weighted by Gasteiger charge is 2.15. The maximum atomic E-state index is 12.0. The molecule has 0 saturated carbocycles. The lowest BCUT2D eigenvalue weighted by molar-refractivity contribution is -0.122. The van der Waals surface area contributed by atoms with Crippen molar-refractivity contribution in [2.24, 2.45) is 7.05 Å². The lowest BCUT2D eigenvalue weighted by Gasteiger charge is -2.17. The average molecular weight is 278 g/mol. The van der Waals surface area contributed by atoms with Crippen LogP contribution in [0.15, 0.2) is 12.4 Å². The predicted octanol–water partition coefficient (Wildman–Crippen LogP) is 1.86. The maximum absolute atomic E-state index is 12.0. The molecule has 1 aliphatic rings. The molecule has 112 valence electrons. The quantitative estimate of drug-likeness (QED) is 0.828. The van der Waals surface area contributed by atoms with Crippen molar-refractivity contribution in [2.45, 2.75) is 45.1 Å². The van der Waals surface area contributed by atoms with Gasteiger partial charge < -0.3 is 10.2 Å². The van der Waals surface area contributed by atoms with E-state index in [0.29, 0.717) is 6.42 Å². The third-order valence-corrected chi connectivity index (χ3v) is 3.95. The van der Waals surface area contributed by atoms with Crippen molar-refractivity contribution < 1.29 is 4.79 Å². The predicted molar refractivity (Wildman–Crippen MR) is 79.3 cm³/mol. The standard InChI is InChI=1S/C15H26N4O/c1-3-14(13-11-16-18(2)12-13)17-15(20)7-6-10-19-8-4-5-9-19/h11-12,14H,3-10H2,1-2H3,(H,17,20)/t14-/m1/s1. The van der Waals surface area contributed by atoms with Gasteiger partial charge in [-0.25, -0.2) is 0 Å². The molecule has 0 spiro atoms. The molecule has 1 aliphatic heterocycles. The fraction of sp³-hybridized carbons (Fsp3) is 0.733. The summed E-state index contributed by atoms with van der Waals surface area (Å²) in [6, 6.07) is 0.0861. The van der Waals surface area contributed by atoms with Gasteiger partial charge in [0.15, 0.2) is 0 Å². The Hall–Kier alpha value is -1.36. The topological polar surface area (TPSA) is 50.2 Å². The number of aryl methyl sites for hydroxylation is 1. The molecule has 1 aromatic heterocycles. The molecule has 1 aromatic rings. The van der Waals surface area contributed by atoms with Gasteiger partial charge in [0.2, 0.25) is 5.91 Å². The van der Waals surface area contributed by atoms with Crippen molar-refractivity contribution >= 4 is 5.91 Å². The van der Waals surface area contributed by atoms with Gasteiger partial charge in [-0.3, -0.25) is 9.48 Å². The van der Waals surface area contributed by atoms with Gasteiger partial charge >= 0.3 is 0 Å². The summed E-state index contributed by atoms with van der Waals surface area (Å²) in [6.45, 7) is 5.54. The van der Waals surface area contributed by atoms with Crippen LogP contribution in [0.5, 0.6) is 0 Å². The Balaban J connectivity index is 1.71. The largest absolute Gasteiger partial charge is 0.349 e. The number of hydrogen-bond acceptors (Lipinski definition) is 3. The van der Waals surface area contributed by atoms with Gasteiger partial charge in [-0.15, -0.1) is 0 Å². The summed E-state index contributed by atoms with van der Waals surface area (Å²) in [6.07, 6.45) is 8.89. The van der Waals surface area contributed by atoms with Gasteiger partial charge in [-0.05, 0) is 45.3 Å². The van der Waals surface area contributed by atoms with Crippen LogP contribution in [-0.2, 0) is 11.8 Å². The smallest absolute Gasteiger partial charge is 0.220 e. The second kappa shape index (κ2) is 7.43. The van der Waals surface area contributed by atoms with Crippen molar-refractivity contribution in [3.8, 4) is 0 Å². The lowest BCUT2D eigenvalue weighted by atomic mass is 10.1. The van der Waals surface area contributed by atoms with Crippen LogP contribution < -0.4 is 5.32 Å². The van der Waals surface area contributed by atoms with E-state index in [2.05, 4.69) is 22.2 Å². The first-order chi connectivity index (χ1) is 9.69. The highest BCUT2D eigenvalue weighted by molar-refractivity contribution is 5.76. The van der Waals surface area contributed by atoms with Gasteiger partial charge in [-0.1, -0.05) is 6.92 Å². The summed E-state index contributed by atoms with van der Waals surface area (Å²) >= 11 is 0. The molecule has 1 amide bonds. The first kappa shape index (κ1) is 15.0. The van der Waals surface area contributed by atoms with E-state index < -0.39 is 0 Å². The summed E-state index contributed by atoms with van der Waals surface area (Å²) in [7, 11) is 1.90. The van der Waals surface area contributed by atoms with E-state index in [1.807, 2.05) is 19.4 Å². The SMILES string of the molecule is CC[C@@H](NC(=O)CCCN1CCCC1)c1cnn(C)c1. The highest BCUT2D eigenvalue weighted by atomic mass is 16.1. The van der Waals surface area contributed by atoms with Gasteiger partial charge in [0.05, 0.1) is 12.2 Å². The van der Waals surface area contributed by atoms with Gasteiger partial charge in [0, 0.05) is 25.2 Å². The minimum absolute atomic E-state index is 0.0861. The van der Waals surface area contributed by atoms with Crippen molar-refractivity contribution in [1.29, 1.82) is 0 Å². The molecule has 2 rings (SSSR count). The fourth-order valence-electron chi connectivity index (χ4n) is 2.78. The number of hydrogen-bond donors (Lipinski definition) is 1. The van der Waals surface area contributed by atoms with E-state index >= 15 is 0 Å². The molecule has 1 fully saturated rings. The second-order valence-electron chi connectivity index (χ2n) is 5.63. The van der Waals surface area contributed by atoms with Crippen molar-refractivity contribution in [2.75, 3.05) is 19.6 Å². The van der Waals surface area contributed by atoms with Crippen LogP contribution in [0, 0.1) is 0 Å². The Morgan fingerprint density at radius 1 is 1.45 bits per heavy atom. The van der Waals surface area contributed by atoms with Crippen LogP contribution in [0.3, 0.4) is 0 Å². The molecule has 0 radical (unpaired) electrons. The first-order valence-electron chi connectivity index (χ1n) is 7.69. The van der Waals surface area contributed by atoms with Crippen LogP contribution in [-0.4, -0.2) is 40.2 Å². The monoisotopic (exact) mass is 278 g/mol. The Morgan fingerprint density at radius 3 is 2.80 bits per heavy atom. The maximum Gasteiger partial charge on any atom is 0.220 e. The Kier molecular flexibility index (Phi) is 5.59. The zero-order valence-corrected chi connectivity index (χ0v) is 12.6. The third kappa shape index (κ3) is 4.34. The summed E-state index contributed by atoms with van der Waals surface area (Å²) in [5.74, 6) is 0.153. The van der Waals surface area contributed by atoms with Gasteiger partial charge in [0.1, 0.15) is 0 Å². The van der Waals surface area contributed by atoms with E-state index in [1.54, 1.807) is 4.68 Å². The summed E-state index contributed by atoms with van der Waals surface area (Å²) < 4.78 is 1.78. The molecule has 1 N–H and O–H groups in total. The van der Waals surface area contributed by atoms with E-state index in [-0.39, 0.29) is 11.9 Å².